The Hall–Kier alpha value is -2.85. The average molecular weight is 535 g/mol. The minimum absolute atomic E-state index is 0.0505. The highest BCUT2D eigenvalue weighted by Gasteiger charge is 2.24. The van der Waals surface area contributed by atoms with Gasteiger partial charge in [-0.3, -0.25) is 0 Å². The third-order valence-corrected chi connectivity index (χ3v) is 7.90. The molecule has 1 heterocycles. The third kappa shape index (κ3) is 7.63. The van der Waals surface area contributed by atoms with Crippen molar-refractivity contribution in [1.82, 2.24) is 0 Å². The van der Waals surface area contributed by atoms with Crippen LogP contribution in [0.25, 0.3) is 22.3 Å². The van der Waals surface area contributed by atoms with Crippen LogP contribution in [0.5, 0.6) is 0 Å². The van der Waals surface area contributed by atoms with Crippen LogP contribution >= 0.6 is 0 Å². The normalized spacial score (nSPS) is 17.7. The first-order valence-electron chi connectivity index (χ1n) is 14.6. The Morgan fingerprint density at radius 1 is 0.769 bits per heavy atom. The van der Waals surface area contributed by atoms with Crippen molar-refractivity contribution >= 4 is 0 Å². The molecule has 0 aromatic heterocycles. The number of aryl methyl sites for hydroxylation is 1. The van der Waals surface area contributed by atoms with Crippen LogP contribution in [0.2, 0.25) is 0 Å². The molecule has 0 saturated carbocycles. The van der Waals surface area contributed by atoms with Crippen LogP contribution < -0.4 is 0 Å². The monoisotopic (exact) mass is 534 g/mol. The van der Waals surface area contributed by atoms with E-state index in [0.717, 1.165) is 43.2 Å². The van der Waals surface area contributed by atoms with Crippen molar-refractivity contribution in [2.75, 3.05) is 6.61 Å². The molecule has 0 bridgehead atoms. The zero-order valence-electron chi connectivity index (χ0n) is 23.3. The van der Waals surface area contributed by atoms with Crippen LogP contribution in [0.3, 0.4) is 0 Å². The van der Waals surface area contributed by atoms with Crippen LogP contribution in [-0.2, 0) is 11.2 Å². The number of hydrogen-bond acceptors (Lipinski definition) is 1. The zero-order chi connectivity index (χ0) is 27.6. The van der Waals surface area contributed by atoms with Gasteiger partial charge in [0.2, 0.25) is 0 Å². The molecule has 1 aliphatic rings. The Morgan fingerprint density at radius 2 is 1.46 bits per heavy atom. The van der Waals surface area contributed by atoms with E-state index in [4.69, 9.17) is 4.74 Å². The summed E-state index contributed by atoms with van der Waals surface area (Å²) in [7, 11) is 0. The Balaban J connectivity index is 1.38. The number of halogens is 3. The maximum Gasteiger partial charge on any atom is 0.166 e. The highest BCUT2D eigenvalue weighted by atomic mass is 19.2. The molecule has 1 fully saturated rings. The second kappa shape index (κ2) is 14.5. The molecule has 3 aromatic carbocycles. The van der Waals surface area contributed by atoms with Gasteiger partial charge in [0.25, 0.3) is 0 Å². The minimum Gasteiger partial charge on any atom is -0.374 e. The molecule has 39 heavy (non-hydrogen) atoms. The first kappa shape index (κ1) is 29.1. The van der Waals surface area contributed by atoms with Crippen molar-refractivity contribution in [3.05, 3.63) is 95.3 Å². The lowest BCUT2D eigenvalue weighted by molar-refractivity contribution is 0.0319. The summed E-state index contributed by atoms with van der Waals surface area (Å²) >= 11 is 0. The fourth-order valence-electron chi connectivity index (χ4n) is 5.54. The van der Waals surface area contributed by atoms with E-state index in [2.05, 4.69) is 6.92 Å². The van der Waals surface area contributed by atoms with Gasteiger partial charge in [0.15, 0.2) is 11.6 Å². The Kier molecular flexibility index (Phi) is 10.8. The predicted octanol–water partition coefficient (Wildman–Crippen LogP) is 10.6. The molecule has 1 aliphatic heterocycles. The van der Waals surface area contributed by atoms with E-state index in [1.165, 1.54) is 25.7 Å². The molecule has 0 spiro atoms. The minimum atomic E-state index is -0.801. The topological polar surface area (TPSA) is 9.23 Å². The van der Waals surface area contributed by atoms with E-state index in [-0.39, 0.29) is 23.4 Å². The van der Waals surface area contributed by atoms with Crippen molar-refractivity contribution < 1.29 is 17.9 Å². The smallest absolute Gasteiger partial charge is 0.166 e. The number of unbranched alkanes of at least 4 members (excludes halogenated alkanes) is 6. The largest absolute Gasteiger partial charge is 0.374 e. The van der Waals surface area contributed by atoms with E-state index >= 15 is 4.39 Å². The summed E-state index contributed by atoms with van der Waals surface area (Å²) < 4.78 is 50.8. The summed E-state index contributed by atoms with van der Waals surface area (Å²) in [6.45, 7) is 4.69. The van der Waals surface area contributed by atoms with Crippen molar-refractivity contribution in [2.24, 2.45) is 0 Å². The van der Waals surface area contributed by atoms with Gasteiger partial charge in [0.1, 0.15) is 5.82 Å². The maximum atomic E-state index is 15.1. The fraction of sp³-hybridized carbons (Fsp3) is 0.429. The van der Waals surface area contributed by atoms with E-state index in [1.54, 1.807) is 30.3 Å². The van der Waals surface area contributed by atoms with Crippen molar-refractivity contribution in [3.8, 4) is 22.3 Å². The summed E-state index contributed by atoms with van der Waals surface area (Å²) in [6, 6.07) is 15.9. The van der Waals surface area contributed by atoms with Crippen molar-refractivity contribution in [1.29, 1.82) is 0 Å². The highest BCUT2D eigenvalue weighted by Crippen LogP contribution is 2.34. The molecule has 0 radical (unpaired) electrons. The molecule has 2 unspecified atom stereocenters. The molecular formula is C35H41F3O. The summed E-state index contributed by atoms with van der Waals surface area (Å²) in [4.78, 5) is 0. The number of allylic oxidation sites excluding steroid dienone is 1. The first-order chi connectivity index (χ1) is 19.0. The second-order valence-electron chi connectivity index (χ2n) is 10.8. The molecular weight excluding hydrogens is 493 g/mol. The van der Waals surface area contributed by atoms with Gasteiger partial charge in [-0.05, 0) is 66.5 Å². The van der Waals surface area contributed by atoms with Crippen molar-refractivity contribution in [2.45, 2.75) is 90.1 Å². The summed E-state index contributed by atoms with van der Waals surface area (Å²) in [5, 5.41) is 0. The average Bonchev–Trinajstić information content (AvgIpc) is 2.95. The number of hydrogen-bond donors (Lipinski definition) is 0. The molecule has 4 heteroatoms. The highest BCUT2D eigenvalue weighted by molar-refractivity contribution is 5.71. The van der Waals surface area contributed by atoms with E-state index in [9.17, 15) is 8.78 Å². The summed E-state index contributed by atoms with van der Waals surface area (Å²) in [6.07, 6.45) is 14.5. The molecule has 3 aromatic rings. The lowest BCUT2D eigenvalue weighted by Crippen LogP contribution is -2.23. The van der Waals surface area contributed by atoms with Gasteiger partial charge >= 0.3 is 0 Å². The summed E-state index contributed by atoms with van der Waals surface area (Å²) in [5.41, 5.74) is 3.56. The predicted molar refractivity (Wildman–Crippen MR) is 155 cm³/mol. The molecule has 0 amide bonds. The summed E-state index contributed by atoms with van der Waals surface area (Å²) in [5.74, 6) is -1.73. The molecule has 0 N–H and O–H groups in total. The number of ether oxygens (including phenoxy) is 1. The van der Waals surface area contributed by atoms with E-state index in [0.29, 0.717) is 29.7 Å². The van der Waals surface area contributed by atoms with E-state index in [1.807, 2.05) is 43.3 Å². The first-order valence-corrected chi connectivity index (χ1v) is 14.6. The van der Waals surface area contributed by atoms with E-state index < -0.39 is 11.6 Å². The fourth-order valence-corrected chi connectivity index (χ4v) is 5.54. The third-order valence-electron chi connectivity index (χ3n) is 7.90. The van der Waals surface area contributed by atoms with Gasteiger partial charge in [-0.1, -0.05) is 106 Å². The molecule has 1 nitrogen and oxygen atoms in total. The van der Waals surface area contributed by atoms with Gasteiger partial charge in [-0.25, -0.2) is 13.2 Å². The zero-order valence-corrected chi connectivity index (χ0v) is 23.3. The molecule has 0 aliphatic carbocycles. The molecule has 1 saturated heterocycles. The van der Waals surface area contributed by atoms with Crippen LogP contribution in [0, 0.1) is 17.5 Å². The maximum absolute atomic E-state index is 15.1. The van der Waals surface area contributed by atoms with Crippen LogP contribution in [0.4, 0.5) is 13.2 Å². The van der Waals surface area contributed by atoms with Gasteiger partial charge in [0, 0.05) is 11.5 Å². The lowest BCUT2D eigenvalue weighted by atomic mass is 9.89. The van der Waals surface area contributed by atoms with Crippen molar-refractivity contribution in [3.63, 3.8) is 0 Å². The molecule has 208 valence electrons. The number of rotatable bonds is 12. The lowest BCUT2D eigenvalue weighted by Gasteiger charge is -2.28. The quantitative estimate of drug-likeness (QED) is 0.166. The van der Waals surface area contributed by atoms with Gasteiger partial charge < -0.3 is 4.74 Å². The Labute approximate surface area is 232 Å². The Bertz CT molecular complexity index is 1220. The van der Waals surface area contributed by atoms with Crippen LogP contribution in [0.15, 0.2) is 66.7 Å². The SMILES string of the molecule is CC=CC1CCC(c2ccc(-c3ccc(-c4ccc(CCCCCCCCC)c(F)c4F)cc3)cc2F)CO1. The van der Waals surface area contributed by atoms with Crippen LogP contribution in [-0.4, -0.2) is 12.7 Å². The van der Waals surface area contributed by atoms with Gasteiger partial charge in [-0.15, -0.1) is 0 Å². The van der Waals surface area contributed by atoms with Crippen LogP contribution in [0.1, 0.15) is 88.7 Å². The van der Waals surface area contributed by atoms with Gasteiger partial charge in [-0.2, -0.15) is 0 Å². The van der Waals surface area contributed by atoms with Gasteiger partial charge in [0.05, 0.1) is 12.7 Å². The molecule has 4 rings (SSSR count). The molecule has 2 atom stereocenters. The Morgan fingerprint density at radius 3 is 2.13 bits per heavy atom. The standard InChI is InChI=1S/C35H41F3O/c1-3-5-6-7-8-9-10-12-27-18-22-32(35(38)34(27)37)26-15-13-25(14-16-26)28-19-21-31(33(36)23-28)29-17-20-30(11-4-2)39-24-29/h4,11,13-16,18-19,21-23,29-30H,3,5-10,12,17,20,24H2,1-2H3. The number of benzene rings is 3. The second-order valence-corrected chi connectivity index (χ2v) is 10.8.